The molecule has 1 fully saturated rings. The van der Waals surface area contributed by atoms with Crippen LogP contribution in [0.1, 0.15) is 6.23 Å². The summed E-state index contributed by atoms with van der Waals surface area (Å²) >= 11 is 0. The number of nitrogens with zero attached hydrogens (tertiary/aromatic N) is 3. The fourth-order valence-corrected chi connectivity index (χ4v) is 2.24. The molecule has 9 N–H and O–H groups in total. The molecular formula is C10H16N5Na2O9P. The van der Waals surface area contributed by atoms with Gasteiger partial charge in [0, 0.05) is 59.1 Å². The maximum Gasteiger partial charge on any atom is 0.466 e. The molecule has 14 nitrogen and oxygen atoms in total. The van der Waals surface area contributed by atoms with Crippen molar-refractivity contribution in [1.29, 1.82) is 0 Å². The van der Waals surface area contributed by atoms with Gasteiger partial charge in [-0.25, -0.2) is 9.55 Å². The van der Waals surface area contributed by atoms with Crippen LogP contribution in [0.15, 0.2) is 11.1 Å². The number of aliphatic hydroxyl groups excluding tert-OH is 3. The molecule has 0 spiro atoms. The first-order chi connectivity index (χ1) is 11.5. The summed E-state index contributed by atoms with van der Waals surface area (Å²) in [4.78, 5) is 43.3. The van der Waals surface area contributed by atoms with E-state index in [9.17, 15) is 15.0 Å². The minimum atomic E-state index is -4.64. The Labute approximate surface area is 195 Å². The third kappa shape index (κ3) is 6.83. The second-order valence-electron chi connectivity index (χ2n) is 5.02. The zero-order chi connectivity index (χ0) is 18.9. The van der Waals surface area contributed by atoms with Crippen molar-refractivity contribution >= 4 is 84.0 Å². The van der Waals surface area contributed by atoms with Gasteiger partial charge in [-0.3, -0.25) is 14.3 Å². The molecule has 0 aromatic carbocycles. The van der Waals surface area contributed by atoms with Gasteiger partial charge in [0.1, 0.15) is 18.3 Å². The number of nitrogens with two attached hydrogens (primary N) is 1. The number of hydrogen-bond acceptors (Lipinski definition) is 9. The first kappa shape index (κ1) is 27.1. The number of rotatable bonds is 2. The number of H-pyrrole nitrogens is 1. The molecule has 1 aliphatic rings. The number of ether oxygens (including phenoxy) is 1. The molecule has 0 saturated carbocycles. The molecule has 3 heterocycles. The van der Waals surface area contributed by atoms with E-state index < -0.39 is 44.5 Å². The predicted molar refractivity (Wildman–Crippen MR) is 91.3 cm³/mol. The zero-order valence-electron chi connectivity index (χ0n) is 14.4. The first-order valence-electron chi connectivity index (χ1n) is 6.66. The van der Waals surface area contributed by atoms with Gasteiger partial charge in [0.25, 0.3) is 5.56 Å². The van der Waals surface area contributed by atoms with Crippen LogP contribution in [0, 0.1) is 0 Å². The van der Waals surface area contributed by atoms with Crippen molar-refractivity contribution in [2.24, 2.45) is 0 Å². The number of aliphatic hydroxyl groups is 3. The SMILES string of the molecule is Nc1nc2c(ncn2[C@@H]2O[C@H](CO)[C@@H](O)[C@H]2O)c(=O)[nH]1.O=P(O)(O)O.[Na].[Na]. The van der Waals surface area contributed by atoms with E-state index in [4.69, 9.17) is 34.8 Å². The molecule has 1 aliphatic heterocycles. The van der Waals surface area contributed by atoms with E-state index in [1.165, 1.54) is 10.9 Å². The summed E-state index contributed by atoms with van der Waals surface area (Å²) in [6.07, 6.45) is -3.21. The smallest absolute Gasteiger partial charge is 0.394 e. The number of aromatic amines is 1. The summed E-state index contributed by atoms with van der Waals surface area (Å²) in [5, 5.41) is 28.7. The van der Waals surface area contributed by atoms with Gasteiger partial charge in [0.2, 0.25) is 5.95 Å². The maximum atomic E-state index is 11.7. The fraction of sp³-hybridized carbons (Fsp3) is 0.500. The van der Waals surface area contributed by atoms with Gasteiger partial charge >= 0.3 is 7.82 Å². The Morgan fingerprint density at radius 2 is 1.81 bits per heavy atom. The maximum absolute atomic E-state index is 11.7. The Morgan fingerprint density at radius 3 is 2.30 bits per heavy atom. The Kier molecular flexibility index (Phi) is 10.8. The van der Waals surface area contributed by atoms with E-state index in [0.29, 0.717) is 0 Å². The summed E-state index contributed by atoms with van der Waals surface area (Å²) in [7, 11) is -4.64. The third-order valence-corrected chi connectivity index (χ3v) is 3.24. The Morgan fingerprint density at radius 1 is 1.26 bits per heavy atom. The fourth-order valence-electron chi connectivity index (χ4n) is 2.24. The van der Waals surface area contributed by atoms with Gasteiger partial charge in [-0.1, -0.05) is 0 Å². The van der Waals surface area contributed by atoms with Gasteiger partial charge in [-0.15, -0.1) is 0 Å². The number of aromatic nitrogens is 4. The number of nitrogens with one attached hydrogen (secondary N) is 1. The number of anilines is 1. The van der Waals surface area contributed by atoms with Crippen molar-refractivity contribution in [2.45, 2.75) is 24.5 Å². The van der Waals surface area contributed by atoms with Crippen LogP contribution in [0.25, 0.3) is 11.2 Å². The van der Waals surface area contributed by atoms with Crippen molar-refractivity contribution in [2.75, 3.05) is 12.3 Å². The van der Waals surface area contributed by atoms with E-state index >= 15 is 0 Å². The second kappa shape index (κ2) is 10.8. The Hall–Kier alpha value is 0.1000. The molecular weight excluding hydrogens is 411 g/mol. The van der Waals surface area contributed by atoms with Crippen molar-refractivity contribution in [3.8, 4) is 0 Å². The van der Waals surface area contributed by atoms with Crippen molar-refractivity contribution in [3.05, 3.63) is 16.7 Å². The zero-order valence-corrected chi connectivity index (χ0v) is 19.3. The summed E-state index contributed by atoms with van der Waals surface area (Å²) < 4.78 is 15.5. The molecule has 1 saturated heterocycles. The molecule has 27 heavy (non-hydrogen) atoms. The molecule has 142 valence electrons. The number of hydrogen-bond donors (Lipinski definition) is 8. The molecule has 3 rings (SSSR count). The monoisotopic (exact) mass is 427 g/mol. The van der Waals surface area contributed by atoms with Crippen LogP contribution in [-0.4, -0.2) is 134 Å². The van der Waals surface area contributed by atoms with Gasteiger partial charge in [0.15, 0.2) is 17.4 Å². The number of imidazole rings is 1. The normalized spacial score (nSPS) is 24.5. The minimum absolute atomic E-state index is 0. The molecule has 0 bridgehead atoms. The van der Waals surface area contributed by atoms with Crippen LogP contribution in [0.2, 0.25) is 0 Å². The van der Waals surface area contributed by atoms with E-state index in [-0.39, 0.29) is 76.2 Å². The molecule has 2 radical (unpaired) electrons. The summed E-state index contributed by atoms with van der Waals surface area (Å²) in [5.41, 5.74) is 5.12. The van der Waals surface area contributed by atoms with E-state index in [0.717, 1.165) is 0 Å². The number of fused-ring (bicyclic) bond motifs is 1. The average Bonchev–Trinajstić information content (AvgIpc) is 3.00. The van der Waals surface area contributed by atoms with Gasteiger partial charge in [0.05, 0.1) is 12.9 Å². The van der Waals surface area contributed by atoms with Crippen LogP contribution >= 0.6 is 7.82 Å². The molecule has 0 unspecified atom stereocenters. The van der Waals surface area contributed by atoms with Crippen LogP contribution in [0.4, 0.5) is 5.95 Å². The summed E-state index contributed by atoms with van der Waals surface area (Å²) in [6.45, 7) is -0.447. The number of phosphoric acid groups is 1. The Balaban J connectivity index is 0.000000864. The largest absolute Gasteiger partial charge is 0.466 e. The topological polar surface area (TPSA) is 237 Å². The van der Waals surface area contributed by atoms with E-state index in [1.807, 2.05) is 0 Å². The quantitative estimate of drug-likeness (QED) is 0.168. The van der Waals surface area contributed by atoms with Gasteiger partial charge < -0.3 is 40.5 Å². The van der Waals surface area contributed by atoms with Crippen LogP contribution in [0.3, 0.4) is 0 Å². The third-order valence-electron chi connectivity index (χ3n) is 3.24. The number of nitrogen functional groups attached to an aromatic ring is 1. The molecule has 2 aromatic rings. The van der Waals surface area contributed by atoms with E-state index in [1.54, 1.807) is 0 Å². The van der Waals surface area contributed by atoms with Crippen molar-refractivity contribution < 1.29 is 39.3 Å². The molecule has 0 aliphatic carbocycles. The van der Waals surface area contributed by atoms with Gasteiger partial charge in [-0.2, -0.15) is 4.98 Å². The van der Waals surface area contributed by atoms with Crippen LogP contribution < -0.4 is 11.3 Å². The van der Waals surface area contributed by atoms with E-state index in [2.05, 4.69) is 15.0 Å². The molecule has 0 amide bonds. The van der Waals surface area contributed by atoms with Crippen LogP contribution in [-0.2, 0) is 9.30 Å². The first-order valence-corrected chi connectivity index (χ1v) is 8.22. The molecule has 17 heteroatoms. The molecule has 2 aromatic heterocycles. The summed E-state index contributed by atoms with van der Waals surface area (Å²) in [6, 6.07) is 0. The standard InChI is InChI=1S/C10H13N5O5.2Na.H3O4P/c11-10-13-7-4(8(19)14-10)12-2-15(7)9-6(18)5(17)3(1-16)20-9;;;1-5(2,3)4/h2-3,5-6,9,16-18H,1H2,(H3,11,13,14,19);;;(H3,1,2,3,4)/t3-,5-,6-,9-;;;/m1.../s1. The Bertz CT molecular complexity index is 849. The van der Waals surface area contributed by atoms with Gasteiger partial charge in [-0.05, 0) is 0 Å². The van der Waals surface area contributed by atoms with Crippen molar-refractivity contribution in [1.82, 2.24) is 19.5 Å². The second-order valence-corrected chi connectivity index (χ2v) is 6.04. The minimum Gasteiger partial charge on any atom is -0.394 e. The van der Waals surface area contributed by atoms with Crippen molar-refractivity contribution in [3.63, 3.8) is 0 Å². The summed E-state index contributed by atoms with van der Waals surface area (Å²) in [5.74, 6) is -0.101. The predicted octanol–water partition coefficient (Wildman–Crippen LogP) is -4.38. The average molecular weight is 427 g/mol. The molecule has 4 atom stereocenters. The van der Waals surface area contributed by atoms with Crippen LogP contribution in [0.5, 0.6) is 0 Å².